The van der Waals surface area contributed by atoms with E-state index in [2.05, 4.69) is 5.09 Å². The summed E-state index contributed by atoms with van der Waals surface area (Å²) < 4.78 is 27.8. The van der Waals surface area contributed by atoms with Gasteiger partial charge in [-0.2, -0.15) is 0 Å². The van der Waals surface area contributed by atoms with E-state index in [0.29, 0.717) is 25.5 Å². The van der Waals surface area contributed by atoms with E-state index in [-0.39, 0.29) is 0 Å². The lowest BCUT2D eigenvalue weighted by atomic mass is 10.3. The SMILES string of the molecule is CCOc1ccc(NP(=O)(OCC)OCC)cc1. The molecule has 0 amide bonds. The van der Waals surface area contributed by atoms with Crippen LogP contribution in [0.4, 0.5) is 5.69 Å². The van der Waals surface area contributed by atoms with Crippen molar-refractivity contribution < 1.29 is 18.3 Å². The Morgan fingerprint density at radius 3 is 2.00 bits per heavy atom. The Bertz CT molecular complexity index is 384. The van der Waals surface area contributed by atoms with Gasteiger partial charge in [-0.25, -0.2) is 4.57 Å². The molecule has 0 saturated carbocycles. The van der Waals surface area contributed by atoms with Crippen molar-refractivity contribution in [2.75, 3.05) is 24.9 Å². The highest BCUT2D eigenvalue weighted by Crippen LogP contribution is 2.47. The molecule has 0 radical (unpaired) electrons. The van der Waals surface area contributed by atoms with Crippen molar-refractivity contribution in [1.29, 1.82) is 0 Å². The van der Waals surface area contributed by atoms with Crippen molar-refractivity contribution in [3.8, 4) is 5.75 Å². The van der Waals surface area contributed by atoms with Gasteiger partial charge >= 0.3 is 7.75 Å². The Balaban J connectivity index is 2.71. The quantitative estimate of drug-likeness (QED) is 0.732. The number of benzene rings is 1. The summed E-state index contributed by atoms with van der Waals surface area (Å²) in [4.78, 5) is 0. The minimum atomic E-state index is -3.26. The van der Waals surface area contributed by atoms with Crippen LogP contribution in [-0.2, 0) is 13.6 Å². The summed E-state index contributed by atoms with van der Waals surface area (Å²) in [6, 6.07) is 7.15. The molecule has 0 unspecified atom stereocenters. The second-order valence-electron chi connectivity index (χ2n) is 3.40. The number of nitrogens with one attached hydrogen (secondary N) is 1. The molecule has 0 fully saturated rings. The molecule has 0 aliphatic carbocycles. The predicted molar refractivity (Wildman–Crippen MR) is 72.1 cm³/mol. The van der Waals surface area contributed by atoms with Crippen molar-refractivity contribution in [3.05, 3.63) is 24.3 Å². The number of ether oxygens (including phenoxy) is 1. The molecule has 1 N–H and O–H groups in total. The summed E-state index contributed by atoms with van der Waals surface area (Å²) in [7, 11) is -3.26. The second kappa shape index (κ2) is 7.41. The molecule has 5 nitrogen and oxygen atoms in total. The van der Waals surface area contributed by atoms with Crippen LogP contribution in [0, 0.1) is 0 Å². The first-order valence-corrected chi connectivity index (χ1v) is 7.58. The molecule has 0 aliphatic rings. The van der Waals surface area contributed by atoms with Gasteiger partial charge in [0.1, 0.15) is 5.75 Å². The molecule has 102 valence electrons. The van der Waals surface area contributed by atoms with E-state index in [1.54, 1.807) is 38.1 Å². The van der Waals surface area contributed by atoms with E-state index < -0.39 is 7.75 Å². The van der Waals surface area contributed by atoms with E-state index in [4.69, 9.17) is 13.8 Å². The first-order chi connectivity index (χ1) is 8.63. The third-order valence-corrected chi connectivity index (χ3v) is 3.76. The average Bonchev–Trinajstić information content (AvgIpc) is 2.32. The van der Waals surface area contributed by atoms with E-state index >= 15 is 0 Å². The van der Waals surface area contributed by atoms with Gasteiger partial charge < -0.3 is 4.74 Å². The van der Waals surface area contributed by atoms with Crippen LogP contribution in [0.25, 0.3) is 0 Å². The van der Waals surface area contributed by atoms with Gasteiger partial charge in [-0.3, -0.25) is 14.1 Å². The molecule has 0 aliphatic heterocycles. The summed E-state index contributed by atoms with van der Waals surface area (Å²) in [6.07, 6.45) is 0. The maximum atomic E-state index is 12.2. The lowest BCUT2D eigenvalue weighted by molar-refractivity contribution is 0.225. The molecule has 1 rings (SSSR count). The molecule has 0 bridgehead atoms. The van der Waals surface area contributed by atoms with Gasteiger partial charge in [-0.15, -0.1) is 0 Å². The zero-order valence-corrected chi connectivity index (χ0v) is 11.9. The van der Waals surface area contributed by atoms with Crippen LogP contribution in [0.5, 0.6) is 5.75 Å². The third-order valence-electron chi connectivity index (χ3n) is 2.03. The molecule has 0 atom stereocenters. The molecule has 0 heterocycles. The zero-order valence-electron chi connectivity index (χ0n) is 11.0. The van der Waals surface area contributed by atoms with Crippen LogP contribution in [0.15, 0.2) is 24.3 Å². The third kappa shape index (κ3) is 4.69. The van der Waals surface area contributed by atoms with Crippen molar-refractivity contribution in [2.24, 2.45) is 0 Å². The minimum absolute atomic E-state index is 0.321. The van der Waals surface area contributed by atoms with Crippen LogP contribution >= 0.6 is 7.75 Å². The van der Waals surface area contributed by atoms with Gasteiger partial charge in [-0.05, 0) is 45.0 Å². The zero-order chi connectivity index (χ0) is 13.4. The number of rotatable bonds is 8. The van der Waals surface area contributed by atoms with E-state index in [9.17, 15) is 4.57 Å². The highest BCUT2D eigenvalue weighted by atomic mass is 31.2. The first kappa shape index (κ1) is 15.0. The summed E-state index contributed by atoms with van der Waals surface area (Å²) in [5, 5.41) is 2.78. The van der Waals surface area contributed by atoms with Crippen molar-refractivity contribution in [2.45, 2.75) is 20.8 Å². The fourth-order valence-corrected chi connectivity index (χ4v) is 2.74. The van der Waals surface area contributed by atoms with Crippen molar-refractivity contribution in [1.82, 2.24) is 0 Å². The van der Waals surface area contributed by atoms with E-state index in [0.717, 1.165) is 5.75 Å². The van der Waals surface area contributed by atoms with Crippen LogP contribution in [0.1, 0.15) is 20.8 Å². The summed E-state index contributed by atoms with van der Waals surface area (Å²) in [5.41, 5.74) is 0.670. The van der Waals surface area contributed by atoms with E-state index in [1.165, 1.54) is 0 Å². The van der Waals surface area contributed by atoms with Crippen LogP contribution in [-0.4, -0.2) is 19.8 Å². The van der Waals surface area contributed by atoms with Crippen LogP contribution in [0.2, 0.25) is 0 Å². The van der Waals surface area contributed by atoms with Crippen LogP contribution in [0.3, 0.4) is 0 Å². The minimum Gasteiger partial charge on any atom is -0.494 e. The fraction of sp³-hybridized carbons (Fsp3) is 0.500. The summed E-state index contributed by atoms with van der Waals surface area (Å²) in [5.74, 6) is 0.769. The molecular formula is C12H20NO4P. The second-order valence-corrected chi connectivity index (χ2v) is 5.14. The Morgan fingerprint density at radius 1 is 1.00 bits per heavy atom. The first-order valence-electron chi connectivity index (χ1n) is 6.03. The highest BCUT2D eigenvalue weighted by Gasteiger charge is 2.23. The number of hydrogen-bond donors (Lipinski definition) is 1. The maximum Gasteiger partial charge on any atom is 0.432 e. The van der Waals surface area contributed by atoms with Crippen molar-refractivity contribution in [3.63, 3.8) is 0 Å². The number of hydrogen-bond acceptors (Lipinski definition) is 4. The van der Waals surface area contributed by atoms with Gasteiger partial charge in [0, 0.05) is 5.69 Å². The summed E-state index contributed by atoms with van der Waals surface area (Å²) >= 11 is 0. The largest absolute Gasteiger partial charge is 0.494 e. The fourth-order valence-electron chi connectivity index (χ4n) is 1.39. The lowest BCUT2D eigenvalue weighted by Crippen LogP contribution is -2.04. The lowest BCUT2D eigenvalue weighted by Gasteiger charge is -2.18. The normalized spacial score (nSPS) is 11.3. The van der Waals surface area contributed by atoms with Gasteiger partial charge in [0.05, 0.1) is 19.8 Å². The highest BCUT2D eigenvalue weighted by molar-refractivity contribution is 7.55. The molecule has 18 heavy (non-hydrogen) atoms. The van der Waals surface area contributed by atoms with Crippen molar-refractivity contribution >= 4 is 13.4 Å². The monoisotopic (exact) mass is 273 g/mol. The molecular weight excluding hydrogens is 253 g/mol. The standard InChI is InChI=1S/C12H20NO4P/c1-4-15-12-9-7-11(8-10-12)13-18(14,16-5-2)17-6-3/h7-10H,4-6H2,1-3H3,(H,13,14). The summed E-state index contributed by atoms with van der Waals surface area (Å²) in [6.45, 7) is 6.72. The predicted octanol–water partition coefficient (Wildman–Crippen LogP) is 3.68. The van der Waals surface area contributed by atoms with Gasteiger partial charge in [0.25, 0.3) is 0 Å². The van der Waals surface area contributed by atoms with Gasteiger partial charge in [0.2, 0.25) is 0 Å². The maximum absolute atomic E-state index is 12.2. The average molecular weight is 273 g/mol. The topological polar surface area (TPSA) is 56.8 Å². The molecule has 0 spiro atoms. The smallest absolute Gasteiger partial charge is 0.432 e. The Hall–Kier alpha value is -1.03. The number of anilines is 1. The Kier molecular flexibility index (Phi) is 6.19. The Labute approximate surface area is 108 Å². The molecule has 1 aromatic rings. The molecule has 6 heteroatoms. The Morgan fingerprint density at radius 2 is 1.56 bits per heavy atom. The van der Waals surface area contributed by atoms with Gasteiger partial charge in [-0.1, -0.05) is 0 Å². The van der Waals surface area contributed by atoms with E-state index in [1.807, 2.05) is 6.92 Å². The molecule has 1 aromatic carbocycles. The van der Waals surface area contributed by atoms with Crippen LogP contribution < -0.4 is 9.82 Å². The molecule has 0 saturated heterocycles. The van der Waals surface area contributed by atoms with Gasteiger partial charge in [0.15, 0.2) is 0 Å². The molecule has 0 aromatic heterocycles.